The van der Waals surface area contributed by atoms with Gasteiger partial charge in [0.15, 0.2) is 0 Å². The Morgan fingerprint density at radius 2 is 2.17 bits per heavy atom. The molecule has 1 heterocycles. The van der Waals surface area contributed by atoms with Crippen molar-refractivity contribution in [3.8, 4) is 0 Å². The molecular weight excluding hydrogens is 150 g/mol. The fourth-order valence-corrected chi connectivity index (χ4v) is 1.05. The van der Waals surface area contributed by atoms with Gasteiger partial charge in [-0.05, 0) is 31.5 Å². The maximum absolute atomic E-state index is 5.27. The number of hydrogen-bond acceptors (Lipinski definition) is 2. The van der Waals surface area contributed by atoms with E-state index in [4.69, 9.17) is 4.42 Å². The van der Waals surface area contributed by atoms with Crippen molar-refractivity contribution in [1.29, 1.82) is 0 Å². The monoisotopic (exact) mass is 167 g/mol. The van der Waals surface area contributed by atoms with Crippen LogP contribution in [0.4, 0.5) is 0 Å². The summed E-state index contributed by atoms with van der Waals surface area (Å²) in [5.74, 6) is 1.69. The molecule has 0 aliphatic heterocycles. The molecule has 0 aromatic carbocycles. The Kier molecular flexibility index (Phi) is 3.35. The summed E-state index contributed by atoms with van der Waals surface area (Å²) in [4.78, 5) is 0. The van der Waals surface area contributed by atoms with Gasteiger partial charge in [-0.2, -0.15) is 0 Å². The molecule has 1 aromatic heterocycles. The van der Waals surface area contributed by atoms with Crippen LogP contribution in [-0.2, 0) is 0 Å². The molecular formula is C10H17NO. The molecule has 1 atom stereocenters. The highest BCUT2D eigenvalue weighted by molar-refractivity contribution is 5.02. The molecule has 2 nitrogen and oxygen atoms in total. The van der Waals surface area contributed by atoms with Crippen molar-refractivity contribution >= 4 is 0 Å². The summed E-state index contributed by atoms with van der Waals surface area (Å²) < 4.78 is 5.27. The average Bonchev–Trinajstić information content (AvgIpc) is 2.51. The Bertz CT molecular complexity index is 204. The third-order valence-corrected chi connectivity index (χ3v) is 1.80. The fraction of sp³-hybridized carbons (Fsp3) is 0.600. The quantitative estimate of drug-likeness (QED) is 0.745. The maximum Gasteiger partial charge on any atom is 0.120 e. The van der Waals surface area contributed by atoms with E-state index in [1.54, 1.807) is 6.26 Å². The molecule has 0 aliphatic rings. The zero-order chi connectivity index (χ0) is 8.97. The average molecular weight is 167 g/mol. The summed E-state index contributed by atoms with van der Waals surface area (Å²) in [5.41, 5.74) is 0. The molecule has 0 amide bonds. The summed E-state index contributed by atoms with van der Waals surface area (Å²) in [6.07, 6.45) is 1.71. The van der Waals surface area contributed by atoms with Crippen molar-refractivity contribution < 1.29 is 4.42 Å². The number of furan rings is 1. The van der Waals surface area contributed by atoms with Crippen LogP contribution in [-0.4, -0.2) is 6.54 Å². The smallest absolute Gasteiger partial charge is 0.120 e. The van der Waals surface area contributed by atoms with Crippen molar-refractivity contribution in [2.45, 2.75) is 26.8 Å². The van der Waals surface area contributed by atoms with E-state index in [1.165, 1.54) is 0 Å². The molecule has 12 heavy (non-hydrogen) atoms. The predicted octanol–water partition coefficient (Wildman–Crippen LogP) is 2.59. The Balaban J connectivity index is 2.34. The van der Waals surface area contributed by atoms with Crippen LogP contribution in [0.1, 0.15) is 32.6 Å². The molecule has 0 aliphatic carbocycles. The molecule has 1 rings (SSSR count). The Morgan fingerprint density at radius 1 is 1.42 bits per heavy atom. The largest absolute Gasteiger partial charge is 0.468 e. The van der Waals surface area contributed by atoms with Crippen molar-refractivity contribution in [3.05, 3.63) is 24.2 Å². The van der Waals surface area contributed by atoms with Crippen molar-refractivity contribution in [2.24, 2.45) is 5.92 Å². The van der Waals surface area contributed by atoms with Crippen molar-refractivity contribution in [2.75, 3.05) is 6.54 Å². The molecule has 68 valence electrons. The van der Waals surface area contributed by atoms with Gasteiger partial charge in [0.2, 0.25) is 0 Å². The lowest BCUT2D eigenvalue weighted by atomic mass is 10.2. The molecule has 2 heteroatoms. The molecule has 0 radical (unpaired) electrons. The topological polar surface area (TPSA) is 25.2 Å². The van der Waals surface area contributed by atoms with Crippen LogP contribution >= 0.6 is 0 Å². The fourth-order valence-electron chi connectivity index (χ4n) is 1.05. The summed E-state index contributed by atoms with van der Waals surface area (Å²) in [7, 11) is 0. The van der Waals surface area contributed by atoms with Crippen LogP contribution in [0.15, 0.2) is 22.8 Å². The first kappa shape index (κ1) is 9.33. The molecule has 0 saturated carbocycles. The highest BCUT2D eigenvalue weighted by Crippen LogP contribution is 2.11. The van der Waals surface area contributed by atoms with Crippen LogP contribution in [0.5, 0.6) is 0 Å². The standard InChI is InChI=1S/C10H17NO/c1-8(2)7-11-9(3)10-5-4-6-12-10/h4-6,8-9,11H,7H2,1-3H3/t9-/m0/s1. The second-order valence-corrected chi connectivity index (χ2v) is 3.54. The Hall–Kier alpha value is -0.760. The molecule has 0 unspecified atom stereocenters. The van der Waals surface area contributed by atoms with E-state index in [9.17, 15) is 0 Å². The summed E-state index contributed by atoms with van der Waals surface area (Å²) in [5, 5.41) is 3.39. The number of hydrogen-bond donors (Lipinski definition) is 1. The van der Waals surface area contributed by atoms with Gasteiger partial charge >= 0.3 is 0 Å². The second-order valence-electron chi connectivity index (χ2n) is 3.54. The third kappa shape index (κ3) is 2.70. The van der Waals surface area contributed by atoms with E-state index >= 15 is 0 Å². The minimum atomic E-state index is 0.322. The van der Waals surface area contributed by atoms with E-state index in [-0.39, 0.29) is 0 Å². The summed E-state index contributed by atoms with van der Waals surface area (Å²) in [6, 6.07) is 4.24. The van der Waals surface area contributed by atoms with Gasteiger partial charge in [-0.1, -0.05) is 13.8 Å². The maximum atomic E-state index is 5.27. The first-order valence-electron chi connectivity index (χ1n) is 4.47. The zero-order valence-electron chi connectivity index (χ0n) is 8.00. The van der Waals surface area contributed by atoms with E-state index in [1.807, 2.05) is 12.1 Å². The molecule has 0 saturated heterocycles. The normalized spacial score (nSPS) is 13.7. The molecule has 1 N–H and O–H groups in total. The Labute approximate surface area is 74.0 Å². The second kappa shape index (κ2) is 4.31. The molecule has 0 fully saturated rings. The highest BCUT2D eigenvalue weighted by Gasteiger charge is 2.06. The molecule has 0 spiro atoms. The van der Waals surface area contributed by atoms with Crippen LogP contribution in [0.3, 0.4) is 0 Å². The third-order valence-electron chi connectivity index (χ3n) is 1.80. The molecule has 0 bridgehead atoms. The van der Waals surface area contributed by atoms with E-state index in [0.717, 1.165) is 12.3 Å². The number of nitrogens with one attached hydrogen (secondary N) is 1. The van der Waals surface area contributed by atoms with Crippen molar-refractivity contribution in [3.63, 3.8) is 0 Å². The molecule has 1 aromatic rings. The Morgan fingerprint density at radius 3 is 2.67 bits per heavy atom. The lowest BCUT2D eigenvalue weighted by Gasteiger charge is -2.12. The zero-order valence-corrected chi connectivity index (χ0v) is 8.00. The van der Waals surface area contributed by atoms with Crippen LogP contribution in [0.2, 0.25) is 0 Å². The van der Waals surface area contributed by atoms with E-state index in [2.05, 4.69) is 26.1 Å². The predicted molar refractivity (Wildman–Crippen MR) is 50.0 cm³/mol. The summed E-state index contributed by atoms with van der Waals surface area (Å²) >= 11 is 0. The van der Waals surface area contributed by atoms with E-state index < -0.39 is 0 Å². The van der Waals surface area contributed by atoms with E-state index in [0.29, 0.717) is 12.0 Å². The van der Waals surface area contributed by atoms with Gasteiger partial charge in [0, 0.05) is 0 Å². The van der Waals surface area contributed by atoms with Gasteiger partial charge in [0.25, 0.3) is 0 Å². The lowest BCUT2D eigenvalue weighted by molar-refractivity contribution is 0.412. The van der Waals surface area contributed by atoms with Crippen LogP contribution in [0.25, 0.3) is 0 Å². The van der Waals surface area contributed by atoms with Gasteiger partial charge in [-0.3, -0.25) is 0 Å². The van der Waals surface area contributed by atoms with Gasteiger partial charge < -0.3 is 9.73 Å². The lowest BCUT2D eigenvalue weighted by Crippen LogP contribution is -2.22. The van der Waals surface area contributed by atoms with Crippen LogP contribution < -0.4 is 5.32 Å². The van der Waals surface area contributed by atoms with Crippen molar-refractivity contribution in [1.82, 2.24) is 5.32 Å². The highest BCUT2D eigenvalue weighted by atomic mass is 16.3. The van der Waals surface area contributed by atoms with Crippen LogP contribution in [0, 0.1) is 5.92 Å². The first-order chi connectivity index (χ1) is 5.70. The first-order valence-corrected chi connectivity index (χ1v) is 4.47. The van der Waals surface area contributed by atoms with Gasteiger partial charge in [0.05, 0.1) is 12.3 Å². The minimum Gasteiger partial charge on any atom is -0.468 e. The minimum absolute atomic E-state index is 0.322. The van der Waals surface area contributed by atoms with Gasteiger partial charge in [-0.15, -0.1) is 0 Å². The number of rotatable bonds is 4. The SMILES string of the molecule is CC(C)CN[C@@H](C)c1ccco1. The summed E-state index contributed by atoms with van der Waals surface area (Å²) in [6.45, 7) is 7.53. The van der Waals surface area contributed by atoms with Gasteiger partial charge in [0.1, 0.15) is 5.76 Å². The van der Waals surface area contributed by atoms with Gasteiger partial charge in [-0.25, -0.2) is 0 Å².